The quantitative estimate of drug-likeness (QED) is 0.463. The molecular weight excluding hydrogens is 449 g/mol. The normalized spacial score (nSPS) is 10.5. The Morgan fingerprint density at radius 3 is 2.77 bits per heavy atom. The molecule has 2 aromatic carbocycles. The minimum absolute atomic E-state index is 0.312. The second-order valence-corrected chi connectivity index (χ2v) is 6.66. The van der Waals surface area contributed by atoms with Crippen LogP contribution in [0.25, 0.3) is 10.9 Å². The summed E-state index contributed by atoms with van der Waals surface area (Å²) in [5.41, 5.74) is 0.836. The van der Waals surface area contributed by atoms with Crippen LogP contribution in [0.1, 0.15) is 0 Å². The predicted octanol–water partition coefficient (Wildman–Crippen LogP) is 2.18. The number of esters is 1. The van der Waals surface area contributed by atoms with Gasteiger partial charge in [0.2, 0.25) is 0 Å². The summed E-state index contributed by atoms with van der Waals surface area (Å²) >= 11 is 2.13. The Labute approximate surface area is 162 Å². The first-order chi connectivity index (χ1) is 12.5. The summed E-state index contributed by atoms with van der Waals surface area (Å²) in [6.07, 6.45) is 1.29. The molecule has 1 aromatic heterocycles. The SMILES string of the molecule is O=C(COC(=O)Cn1cnc2ccccc2c1=O)Nc1cccc(I)c1. The van der Waals surface area contributed by atoms with Crippen molar-refractivity contribution >= 4 is 51.1 Å². The minimum atomic E-state index is -0.693. The van der Waals surface area contributed by atoms with Gasteiger partial charge in [-0.1, -0.05) is 18.2 Å². The van der Waals surface area contributed by atoms with Crippen LogP contribution >= 0.6 is 22.6 Å². The van der Waals surface area contributed by atoms with Crippen LogP contribution in [0.2, 0.25) is 0 Å². The lowest BCUT2D eigenvalue weighted by Gasteiger charge is -2.08. The molecule has 0 saturated carbocycles. The fourth-order valence-electron chi connectivity index (χ4n) is 2.31. The number of rotatable bonds is 5. The van der Waals surface area contributed by atoms with E-state index < -0.39 is 18.5 Å². The van der Waals surface area contributed by atoms with E-state index in [0.717, 1.165) is 8.14 Å². The molecule has 0 radical (unpaired) electrons. The molecule has 0 bridgehead atoms. The number of hydrogen-bond acceptors (Lipinski definition) is 5. The summed E-state index contributed by atoms with van der Waals surface area (Å²) in [6.45, 7) is -0.743. The molecule has 0 atom stereocenters. The molecule has 8 heteroatoms. The highest BCUT2D eigenvalue weighted by atomic mass is 127. The molecule has 0 aliphatic rings. The number of nitrogens with one attached hydrogen (secondary N) is 1. The van der Waals surface area contributed by atoms with E-state index in [0.29, 0.717) is 16.6 Å². The zero-order chi connectivity index (χ0) is 18.5. The van der Waals surface area contributed by atoms with Gasteiger partial charge < -0.3 is 10.1 Å². The number of fused-ring (bicyclic) bond motifs is 1. The van der Waals surface area contributed by atoms with Crippen molar-refractivity contribution in [3.05, 3.63) is 68.8 Å². The zero-order valence-corrected chi connectivity index (χ0v) is 15.7. The third-order valence-corrected chi connectivity index (χ3v) is 4.17. The lowest BCUT2D eigenvalue weighted by Crippen LogP contribution is -2.28. The van der Waals surface area contributed by atoms with Crippen molar-refractivity contribution in [2.24, 2.45) is 0 Å². The van der Waals surface area contributed by atoms with Gasteiger partial charge in [-0.15, -0.1) is 0 Å². The summed E-state index contributed by atoms with van der Waals surface area (Å²) in [6, 6.07) is 14.1. The first-order valence-corrected chi connectivity index (χ1v) is 8.76. The molecule has 132 valence electrons. The van der Waals surface area contributed by atoms with E-state index in [9.17, 15) is 14.4 Å². The minimum Gasteiger partial charge on any atom is -0.454 e. The first kappa shape index (κ1) is 18.1. The van der Waals surface area contributed by atoms with Gasteiger partial charge in [0.15, 0.2) is 6.61 Å². The monoisotopic (exact) mass is 463 g/mol. The number of para-hydroxylation sites is 1. The third-order valence-electron chi connectivity index (χ3n) is 3.50. The smallest absolute Gasteiger partial charge is 0.326 e. The van der Waals surface area contributed by atoms with Gasteiger partial charge in [-0.25, -0.2) is 4.98 Å². The first-order valence-electron chi connectivity index (χ1n) is 7.68. The third kappa shape index (κ3) is 4.45. The zero-order valence-electron chi connectivity index (χ0n) is 13.5. The number of aromatic nitrogens is 2. The average Bonchev–Trinajstić information content (AvgIpc) is 2.63. The van der Waals surface area contributed by atoms with E-state index >= 15 is 0 Å². The highest BCUT2D eigenvalue weighted by molar-refractivity contribution is 14.1. The number of amides is 1. The second-order valence-electron chi connectivity index (χ2n) is 5.41. The topological polar surface area (TPSA) is 90.3 Å². The molecule has 3 rings (SSSR count). The highest BCUT2D eigenvalue weighted by Gasteiger charge is 2.11. The number of anilines is 1. The van der Waals surface area contributed by atoms with Crippen LogP contribution in [0.5, 0.6) is 0 Å². The van der Waals surface area contributed by atoms with Crippen molar-refractivity contribution in [2.45, 2.75) is 6.54 Å². The van der Waals surface area contributed by atoms with Gasteiger partial charge in [-0.05, 0) is 52.9 Å². The number of ether oxygens (including phenoxy) is 1. The lowest BCUT2D eigenvalue weighted by atomic mass is 10.2. The van der Waals surface area contributed by atoms with E-state index in [1.54, 1.807) is 36.4 Å². The maximum Gasteiger partial charge on any atom is 0.326 e. The largest absolute Gasteiger partial charge is 0.454 e. The van der Waals surface area contributed by atoms with Crippen LogP contribution in [0.3, 0.4) is 0 Å². The Morgan fingerprint density at radius 1 is 1.15 bits per heavy atom. The number of nitrogens with zero attached hydrogens (tertiary/aromatic N) is 2. The van der Waals surface area contributed by atoms with E-state index in [2.05, 4.69) is 32.9 Å². The average molecular weight is 463 g/mol. The molecule has 26 heavy (non-hydrogen) atoms. The fourth-order valence-corrected chi connectivity index (χ4v) is 2.86. The summed E-state index contributed by atoms with van der Waals surface area (Å²) in [5, 5.41) is 3.05. The Kier molecular flexibility index (Phi) is 5.61. The molecule has 0 fully saturated rings. The molecule has 7 nitrogen and oxygen atoms in total. The molecular formula is C18H14IN3O4. The van der Waals surface area contributed by atoms with Crippen LogP contribution in [0.4, 0.5) is 5.69 Å². The van der Waals surface area contributed by atoms with Crippen molar-refractivity contribution in [2.75, 3.05) is 11.9 Å². The predicted molar refractivity (Wildman–Crippen MR) is 105 cm³/mol. The summed E-state index contributed by atoms with van der Waals surface area (Å²) in [4.78, 5) is 40.2. The Bertz CT molecular complexity index is 1030. The molecule has 0 saturated heterocycles. The van der Waals surface area contributed by atoms with Gasteiger partial charge in [0.1, 0.15) is 6.54 Å². The Balaban J connectivity index is 1.58. The van der Waals surface area contributed by atoms with Gasteiger partial charge in [0.25, 0.3) is 11.5 Å². The van der Waals surface area contributed by atoms with Gasteiger partial charge in [0, 0.05) is 9.26 Å². The molecule has 1 amide bonds. The van der Waals surface area contributed by atoms with E-state index in [1.807, 2.05) is 12.1 Å². The molecule has 0 spiro atoms. The lowest BCUT2D eigenvalue weighted by molar-refractivity contribution is -0.147. The van der Waals surface area contributed by atoms with Crippen LogP contribution < -0.4 is 10.9 Å². The summed E-state index contributed by atoms with van der Waals surface area (Å²) in [7, 11) is 0. The van der Waals surface area contributed by atoms with Crippen LogP contribution in [0, 0.1) is 3.57 Å². The highest BCUT2D eigenvalue weighted by Crippen LogP contribution is 2.12. The standard InChI is InChI=1S/C18H14IN3O4/c19-12-4-3-5-13(8-12)21-16(23)10-26-17(24)9-22-11-20-15-7-2-1-6-14(15)18(22)25/h1-8,11H,9-10H2,(H,21,23). The van der Waals surface area contributed by atoms with Gasteiger partial charge in [-0.2, -0.15) is 0 Å². The van der Waals surface area contributed by atoms with Gasteiger partial charge in [0.05, 0.1) is 17.2 Å². The van der Waals surface area contributed by atoms with E-state index in [1.165, 1.54) is 6.33 Å². The fraction of sp³-hybridized carbons (Fsp3) is 0.111. The van der Waals surface area contributed by atoms with Crippen LogP contribution in [-0.4, -0.2) is 28.0 Å². The number of halogens is 1. The van der Waals surface area contributed by atoms with Crippen molar-refractivity contribution < 1.29 is 14.3 Å². The molecule has 0 aliphatic carbocycles. The molecule has 1 N–H and O–H groups in total. The second kappa shape index (κ2) is 8.09. The van der Waals surface area contributed by atoms with Gasteiger partial charge in [-0.3, -0.25) is 19.0 Å². The number of carbonyl (C=O) groups is 2. The van der Waals surface area contributed by atoms with Crippen molar-refractivity contribution in [1.29, 1.82) is 0 Å². The molecule has 3 aromatic rings. The Hall–Kier alpha value is -2.75. The van der Waals surface area contributed by atoms with E-state index in [4.69, 9.17) is 4.74 Å². The van der Waals surface area contributed by atoms with Crippen molar-refractivity contribution in [3.8, 4) is 0 Å². The number of carbonyl (C=O) groups excluding carboxylic acids is 2. The van der Waals surface area contributed by atoms with Crippen molar-refractivity contribution in [1.82, 2.24) is 9.55 Å². The van der Waals surface area contributed by atoms with Gasteiger partial charge >= 0.3 is 5.97 Å². The molecule has 1 heterocycles. The number of benzene rings is 2. The van der Waals surface area contributed by atoms with Crippen LogP contribution in [0.15, 0.2) is 59.7 Å². The molecule has 0 unspecified atom stereocenters. The number of hydrogen-bond donors (Lipinski definition) is 1. The maximum absolute atomic E-state index is 12.3. The van der Waals surface area contributed by atoms with E-state index in [-0.39, 0.29) is 12.1 Å². The van der Waals surface area contributed by atoms with Crippen molar-refractivity contribution in [3.63, 3.8) is 0 Å². The maximum atomic E-state index is 12.3. The summed E-state index contributed by atoms with van der Waals surface area (Å²) in [5.74, 6) is -1.15. The summed E-state index contributed by atoms with van der Waals surface area (Å²) < 4.78 is 7.06. The van der Waals surface area contributed by atoms with Crippen LogP contribution in [-0.2, 0) is 20.9 Å². The Morgan fingerprint density at radius 2 is 1.96 bits per heavy atom. The molecule has 0 aliphatic heterocycles.